The van der Waals surface area contributed by atoms with Crippen molar-refractivity contribution in [2.45, 2.75) is 32.4 Å². The SMILES string of the molecule is CCC1C(=O)NCCN1c1cc([C@H](C)O)ccn1. The van der Waals surface area contributed by atoms with Crippen molar-refractivity contribution in [1.82, 2.24) is 10.3 Å². The average Bonchev–Trinajstić information content (AvgIpc) is 2.38. The van der Waals surface area contributed by atoms with E-state index in [-0.39, 0.29) is 11.9 Å². The van der Waals surface area contributed by atoms with Crippen molar-refractivity contribution in [1.29, 1.82) is 0 Å². The maximum atomic E-state index is 11.8. The molecular formula is C13H19N3O2. The number of anilines is 1. The molecule has 5 heteroatoms. The number of aromatic nitrogens is 1. The fourth-order valence-electron chi connectivity index (χ4n) is 2.25. The van der Waals surface area contributed by atoms with Gasteiger partial charge in [-0.15, -0.1) is 0 Å². The predicted molar refractivity (Wildman–Crippen MR) is 69.3 cm³/mol. The van der Waals surface area contributed by atoms with Crippen LogP contribution in [0.15, 0.2) is 18.3 Å². The van der Waals surface area contributed by atoms with Crippen LogP contribution in [0.2, 0.25) is 0 Å². The van der Waals surface area contributed by atoms with Crippen LogP contribution in [0.4, 0.5) is 5.82 Å². The van der Waals surface area contributed by atoms with Crippen LogP contribution in [0.1, 0.15) is 31.9 Å². The zero-order valence-corrected chi connectivity index (χ0v) is 10.8. The molecule has 0 aliphatic carbocycles. The lowest BCUT2D eigenvalue weighted by atomic mass is 10.1. The first-order valence-electron chi connectivity index (χ1n) is 6.32. The maximum Gasteiger partial charge on any atom is 0.242 e. The van der Waals surface area contributed by atoms with Crippen LogP contribution in [0, 0.1) is 0 Å². The largest absolute Gasteiger partial charge is 0.389 e. The summed E-state index contributed by atoms with van der Waals surface area (Å²) in [6.07, 6.45) is 1.90. The number of amides is 1. The topological polar surface area (TPSA) is 65.5 Å². The third-order valence-electron chi connectivity index (χ3n) is 3.26. The van der Waals surface area contributed by atoms with Gasteiger partial charge in [0.05, 0.1) is 6.10 Å². The van der Waals surface area contributed by atoms with Gasteiger partial charge in [0, 0.05) is 19.3 Å². The van der Waals surface area contributed by atoms with Crippen LogP contribution in [0.5, 0.6) is 0 Å². The molecule has 0 radical (unpaired) electrons. The fourth-order valence-corrected chi connectivity index (χ4v) is 2.25. The quantitative estimate of drug-likeness (QED) is 0.833. The number of carbonyl (C=O) groups excluding carboxylic acids is 1. The minimum atomic E-state index is -0.523. The highest BCUT2D eigenvalue weighted by molar-refractivity contribution is 5.86. The second kappa shape index (κ2) is 5.35. The molecule has 1 aliphatic heterocycles. The molecule has 2 atom stereocenters. The second-order valence-electron chi connectivity index (χ2n) is 4.53. The highest BCUT2D eigenvalue weighted by Gasteiger charge is 2.29. The smallest absolute Gasteiger partial charge is 0.242 e. The number of carbonyl (C=O) groups is 1. The number of rotatable bonds is 3. The van der Waals surface area contributed by atoms with E-state index in [1.165, 1.54) is 0 Å². The van der Waals surface area contributed by atoms with Crippen molar-refractivity contribution in [2.75, 3.05) is 18.0 Å². The summed E-state index contributed by atoms with van der Waals surface area (Å²) in [4.78, 5) is 18.1. The Balaban J connectivity index is 2.28. The van der Waals surface area contributed by atoms with Crippen LogP contribution in [0.25, 0.3) is 0 Å². The zero-order valence-electron chi connectivity index (χ0n) is 10.8. The normalized spacial score (nSPS) is 21.6. The molecule has 98 valence electrons. The molecule has 0 aromatic carbocycles. The van der Waals surface area contributed by atoms with Crippen LogP contribution in [0.3, 0.4) is 0 Å². The first kappa shape index (κ1) is 12.8. The molecule has 0 saturated carbocycles. The predicted octanol–water partition coefficient (Wildman–Crippen LogP) is 0.850. The lowest BCUT2D eigenvalue weighted by Gasteiger charge is -2.35. The van der Waals surface area contributed by atoms with Crippen molar-refractivity contribution in [3.05, 3.63) is 23.9 Å². The fraction of sp³-hybridized carbons (Fsp3) is 0.538. The maximum absolute atomic E-state index is 11.8. The van der Waals surface area contributed by atoms with E-state index in [2.05, 4.69) is 10.3 Å². The van der Waals surface area contributed by atoms with Gasteiger partial charge < -0.3 is 15.3 Å². The minimum Gasteiger partial charge on any atom is -0.389 e. The molecule has 1 aromatic rings. The first-order chi connectivity index (χ1) is 8.63. The van der Waals surface area contributed by atoms with Crippen molar-refractivity contribution < 1.29 is 9.90 Å². The van der Waals surface area contributed by atoms with Gasteiger partial charge in [0.25, 0.3) is 0 Å². The Hall–Kier alpha value is -1.62. The summed E-state index contributed by atoms with van der Waals surface area (Å²) < 4.78 is 0. The molecule has 1 fully saturated rings. The number of nitrogens with zero attached hydrogens (tertiary/aromatic N) is 2. The number of nitrogens with one attached hydrogen (secondary N) is 1. The molecular weight excluding hydrogens is 230 g/mol. The van der Waals surface area contributed by atoms with Gasteiger partial charge in [-0.25, -0.2) is 4.98 Å². The van der Waals surface area contributed by atoms with Gasteiger partial charge in [-0.05, 0) is 31.0 Å². The average molecular weight is 249 g/mol. The van der Waals surface area contributed by atoms with Crippen LogP contribution in [-0.2, 0) is 4.79 Å². The van der Waals surface area contributed by atoms with Gasteiger partial charge in [0.1, 0.15) is 11.9 Å². The summed E-state index contributed by atoms with van der Waals surface area (Å²) >= 11 is 0. The highest BCUT2D eigenvalue weighted by atomic mass is 16.3. The molecule has 2 rings (SSSR count). The third kappa shape index (κ3) is 2.46. The number of hydrogen-bond donors (Lipinski definition) is 2. The van der Waals surface area contributed by atoms with E-state index in [0.29, 0.717) is 6.54 Å². The molecule has 0 spiro atoms. The molecule has 0 bridgehead atoms. The molecule has 2 heterocycles. The van der Waals surface area contributed by atoms with Gasteiger partial charge >= 0.3 is 0 Å². The molecule has 1 saturated heterocycles. The minimum absolute atomic E-state index is 0.0491. The van der Waals surface area contributed by atoms with Crippen LogP contribution < -0.4 is 10.2 Å². The van der Waals surface area contributed by atoms with E-state index in [1.54, 1.807) is 19.2 Å². The van der Waals surface area contributed by atoms with Gasteiger partial charge in [0.15, 0.2) is 0 Å². The number of hydrogen-bond acceptors (Lipinski definition) is 4. The van der Waals surface area contributed by atoms with E-state index >= 15 is 0 Å². The van der Waals surface area contributed by atoms with Gasteiger partial charge in [-0.1, -0.05) is 6.92 Å². The number of aliphatic hydroxyl groups is 1. The van der Waals surface area contributed by atoms with Gasteiger partial charge in [-0.2, -0.15) is 0 Å². The molecule has 1 aromatic heterocycles. The highest BCUT2D eigenvalue weighted by Crippen LogP contribution is 2.21. The molecule has 18 heavy (non-hydrogen) atoms. The summed E-state index contributed by atoms with van der Waals surface area (Å²) in [5.41, 5.74) is 0.820. The number of piperazine rings is 1. The Morgan fingerprint density at radius 1 is 1.67 bits per heavy atom. The monoisotopic (exact) mass is 249 g/mol. The van der Waals surface area contributed by atoms with E-state index in [1.807, 2.05) is 17.9 Å². The lowest BCUT2D eigenvalue weighted by Crippen LogP contribution is -2.55. The van der Waals surface area contributed by atoms with E-state index in [9.17, 15) is 9.90 Å². The van der Waals surface area contributed by atoms with Crippen molar-refractivity contribution in [2.24, 2.45) is 0 Å². The van der Waals surface area contributed by atoms with Crippen LogP contribution in [-0.4, -0.2) is 35.1 Å². The Kier molecular flexibility index (Phi) is 3.81. The summed E-state index contributed by atoms with van der Waals surface area (Å²) in [5.74, 6) is 0.808. The van der Waals surface area contributed by atoms with Crippen LogP contribution >= 0.6 is 0 Å². The molecule has 1 unspecified atom stereocenters. The summed E-state index contributed by atoms with van der Waals surface area (Å²) in [6, 6.07) is 3.47. The second-order valence-corrected chi connectivity index (χ2v) is 4.53. The summed E-state index contributed by atoms with van der Waals surface area (Å²) in [5, 5.41) is 12.5. The van der Waals surface area contributed by atoms with Crippen molar-refractivity contribution in [3.8, 4) is 0 Å². The number of aliphatic hydroxyl groups excluding tert-OH is 1. The molecule has 1 amide bonds. The van der Waals surface area contributed by atoms with Gasteiger partial charge in [0.2, 0.25) is 5.91 Å². The summed E-state index contributed by atoms with van der Waals surface area (Å²) in [7, 11) is 0. The van der Waals surface area contributed by atoms with E-state index < -0.39 is 6.10 Å². The van der Waals surface area contributed by atoms with E-state index in [4.69, 9.17) is 0 Å². The Bertz CT molecular complexity index is 434. The first-order valence-corrected chi connectivity index (χ1v) is 6.32. The van der Waals surface area contributed by atoms with Gasteiger partial charge in [-0.3, -0.25) is 4.79 Å². The molecule has 1 aliphatic rings. The lowest BCUT2D eigenvalue weighted by molar-refractivity contribution is -0.123. The summed E-state index contributed by atoms with van der Waals surface area (Å²) in [6.45, 7) is 5.09. The Morgan fingerprint density at radius 2 is 2.44 bits per heavy atom. The van der Waals surface area contributed by atoms with Crippen molar-refractivity contribution >= 4 is 11.7 Å². The third-order valence-corrected chi connectivity index (χ3v) is 3.26. The van der Waals surface area contributed by atoms with Crippen molar-refractivity contribution in [3.63, 3.8) is 0 Å². The Morgan fingerprint density at radius 3 is 3.11 bits per heavy atom. The van der Waals surface area contributed by atoms with E-state index in [0.717, 1.165) is 24.3 Å². The molecule has 5 nitrogen and oxygen atoms in total. The number of pyridine rings is 1. The Labute approximate surface area is 107 Å². The molecule has 2 N–H and O–H groups in total. The zero-order chi connectivity index (χ0) is 13.1. The standard InChI is InChI=1S/C13H19N3O2/c1-3-11-13(18)15-6-7-16(11)12-8-10(9(2)17)4-5-14-12/h4-5,8-9,11,17H,3,6-7H2,1-2H3,(H,15,18)/t9-,11?/m0/s1.